The van der Waals surface area contributed by atoms with Crippen LogP contribution < -0.4 is 10.2 Å². The molecule has 4 heterocycles. The van der Waals surface area contributed by atoms with E-state index in [2.05, 4.69) is 33.0 Å². The number of rotatable bonds is 6. The Bertz CT molecular complexity index is 1330. The number of anilines is 1. The maximum atomic E-state index is 13.0. The molecule has 3 saturated heterocycles. The van der Waals surface area contributed by atoms with Crippen LogP contribution in [-0.2, 0) is 31.7 Å². The molecule has 6 rings (SSSR count). The fraction of sp³-hybridized carbons (Fsp3) is 0.462. The molecule has 212 valence electrons. The number of hydrogen-bond donors (Lipinski definition) is 2. The lowest BCUT2D eigenvalue weighted by atomic mass is 10.1. The van der Waals surface area contributed by atoms with Crippen molar-refractivity contribution in [2.75, 3.05) is 44.8 Å². The lowest BCUT2D eigenvalue weighted by molar-refractivity contribution is -0.921. The fourth-order valence-electron chi connectivity index (χ4n) is 5.32. The van der Waals surface area contributed by atoms with Gasteiger partial charge in [-0.1, -0.05) is 30.3 Å². The second kappa shape index (κ2) is 11.1. The van der Waals surface area contributed by atoms with Crippen LogP contribution in [0, 0.1) is 0 Å². The van der Waals surface area contributed by atoms with Gasteiger partial charge in [-0.2, -0.15) is 13.2 Å². The van der Waals surface area contributed by atoms with E-state index in [-0.39, 0.29) is 24.9 Å². The molecule has 40 heavy (non-hydrogen) atoms. The number of nitrogens with one attached hydrogen (secondary N) is 2. The van der Waals surface area contributed by atoms with Gasteiger partial charge in [-0.25, -0.2) is 9.48 Å². The molecule has 2 aromatic carbocycles. The molecule has 14 heteroatoms. The number of amides is 1. The van der Waals surface area contributed by atoms with Crippen LogP contribution >= 0.6 is 0 Å². The maximum absolute atomic E-state index is 13.0. The highest BCUT2D eigenvalue weighted by atomic mass is 19.4. The third-order valence-corrected chi connectivity index (χ3v) is 7.35. The number of ether oxygens (including phenoxy) is 4. The molecule has 0 radical (unpaired) electrons. The van der Waals surface area contributed by atoms with E-state index >= 15 is 0 Å². The molecule has 3 aliphatic rings. The molecule has 0 spiro atoms. The van der Waals surface area contributed by atoms with E-state index in [0.717, 1.165) is 50.5 Å². The van der Waals surface area contributed by atoms with Gasteiger partial charge < -0.3 is 23.8 Å². The average molecular weight is 562 g/mol. The number of halogens is 3. The first-order chi connectivity index (χ1) is 19.3. The van der Waals surface area contributed by atoms with Gasteiger partial charge in [-0.3, -0.25) is 5.32 Å². The minimum atomic E-state index is -4.53. The Kier molecular flexibility index (Phi) is 7.40. The molecule has 2 N–H and O–H groups in total. The molecule has 1 aromatic heterocycles. The van der Waals surface area contributed by atoms with Crippen molar-refractivity contribution < 1.29 is 41.8 Å². The van der Waals surface area contributed by atoms with Gasteiger partial charge in [0.05, 0.1) is 32.0 Å². The predicted octanol–water partition coefficient (Wildman–Crippen LogP) is 1.73. The summed E-state index contributed by atoms with van der Waals surface area (Å²) in [7, 11) is 0. The van der Waals surface area contributed by atoms with E-state index < -0.39 is 36.1 Å². The first kappa shape index (κ1) is 26.6. The van der Waals surface area contributed by atoms with Crippen LogP contribution in [0.2, 0.25) is 0 Å². The smallest absolute Gasteiger partial charge is 0.416 e. The standard InChI is InChI=1S/C26H27F3N6O5/c27-26(28,29)18-2-1-3-19(12-18)30-25(36)40-21-15-39-22-20(14-38-23(21)22)35-24(31-32-33-35)17-6-4-16(5-7-17)13-34-8-10-37-11-9-34/h1-7,12,20-23H,8-11,13-15H2,(H,30,36)/p+1/t20-,21+,22+,23+/m0/s1. The molecule has 0 bridgehead atoms. The van der Waals surface area contributed by atoms with Crippen molar-refractivity contribution in [3.63, 3.8) is 0 Å². The first-order valence-corrected chi connectivity index (χ1v) is 13.0. The van der Waals surface area contributed by atoms with Crippen molar-refractivity contribution in [1.82, 2.24) is 20.2 Å². The number of aromatic nitrogens is 4. The zero-order valence-corrected chi connectivity index (χ0v) is 21.3. The fourth-order valence-corrected chi connectivity index (χ4v) is 5.32. The van der Waals surface area contributed by atoms with Gasteiger partial charge in [-0.05, 0) is 28.6 Å². The average Bonchev–Trinajstić information content (AvgIpc) is 3.67. The van der Waals surface area contributed by atoms with Crippen molar-refractivity contribution in [2.24, 2.45) is 0 Å². The van der Waals surface area contributed by atoms with E-state index in [1.165, 1.54) is 22.6 Å². The molecule has 0 saturated carbocycles. The van der Waals surface area contributed by atoms with Gasteiger partial charge in [0.15, 0.2) is 11.9 Å². The normalized spacial score (nSPS) is 25.1. The Morgan fingerprint density at radius 1 is 1.07 bits per heavy atom. The highest BCUT2D eigenvalue weighted by molar-refractivity contribution is 5.84. The van der Waals surface area contributed by atoms with Gasteiger partial charge in [0.1, 0.15) is 37.9 Å². The molecular weight excluding hydrogens is 533 g/mol. The highest BCUT2D eigenvalue weighted by Gasteiger charge is 2.51. The predicted molar refractivity (Wildman–Crippen MR) is 132 cm³/mol. The Hall–Kier alpha value is -3.59. The van der Waals surface area contributed by atoms with Gasteiger partial charge >= 0.3 is 12.3 Å². The van der Waals surface area contributed by atoms with Crippen molar-refractivity contribution in [3.05, 3.63) is 59.7 Å². The van der Waals surface area contributed by atoms with E-state index in [9.17, 15) is 18.0 Å². The number of tetrazole rings is 1. The SMILES string of the molecule is O=C(Nc1cccc(C(F)(F)F)c1)O[C@@H]1CO[C@H]2[C@@H]1OC[C@@H]2n1nnnc1-c1ccc(C[NH+]2CCOCC2)cc1. The molecule has 0 unspecified atom stereocenters. The number of carbonyl (C=O) groups is 1. The topological polar surface area (TPSA) is 114 Å². The zero-order valence-electron chi connectivity index (χ0n) is 21.3. The molecule has 3 aliphatic heterocycles. The van der Waals surface area contributed by atoms with E-state index in [4.69, 9.17) is 18.9 Å². The summed E-state index contributed by atoms with van der Waals surface area (Å²) in [5.41, 5.74) is 1.16. The minimum absolute atomic E-state index is 0.0313. The highest BCUT2D eigenvalue weighted by Crippen LogP contribution is 2.37. The molecule has 3 aromatic rings. The summed E-state index contributed by atoms with van der Waals surface area (Å²) in [6.45, 7) is 4.76. The number of morpholine rings is 1. The van der Waals surface area contributed by atoms with Gasteiger partial charge in [0.25, 0.3) is 0 Å². The Labute approximate surface area is 227 Å². The van der Waals surface area contributed by atoms with Crippen LogP contribution in [0.3, 0.4) is 0 Å². The Morgan fingerprint density at radius 3 is 2.62 bits per heavy atom. The molecule has 11 nitrogen and oxygen atoms in total. The number of carbonyl (C=O) groups excluding carboxylic acids is 1. The Balaban J connectivity index is 1.08. The number of alkyl halides is 3. The minimum Gasteiger partial charge on any atom is -0.441 e. The van der Waals surface area contributed by atoms with E-state index in [0.29, 0.717) is 5.82 Å². The van der Waals surface area contributed by atoms with Crippen LogP contribution in [0.15, 0.2) is 48.5 Å². The third-order valence-electron chi connectivity index (χ3n) is 7.35. The number of nitrogens with zero attached hydrogens (tertiary/aromatic N) is 4. The van der Waals surface area contributed by atoms with Crippen molar-refractivity contribution in [3.8, 4) is 11.4 Å². The lowest BCUT2D eigenvalue weighted by Gasteiger charge is -2.23. The van der Waals surface area contributed by atoms with Crippen molar-refractivity contribution in [1.29, 1.82) is 0 Å². The van der Waals surface area contributed by atoms with Crippen molar-refractivity contribution in [2.45, 2.75) is 37.1 Å². The monoisotopic (exact) mass is 561 g/mol. The number of fused-ring (bicyclic) bond motifs is 1. The van der Waals surface area contributed by atoms with Crippen LogP contribution in [0.25, 0.3) is 11.4 Å². The quantitative estimate of drug-likeness (QED) is 0.468. The van der Waals surface area contributed by atoms with Crippen LogP contribution in [0.4, 0.5) is 23.7 Å². The number of quaternary nitrogens is 1. The maximum Gasteiger partial charge on any atom is 0.416 e. The van der Waals surface area contributed by atoms with Gasteiger partial charge in [0, 0.05) is 16.8 Å². The van der Waals surface area contributed by atoms with E-state index in [1.54, 1.807) is 4.68 Å². The molecule has 0 aliphatic carbocycles. The summed E-state index contributed by atoms with van der Waals surface area (Å²) in [6, 6.07) is 12.1. The van der Waals surface area contributed by atoms with E-state index in [1.807, 2.05) is 12.1 Å². The largest absolute Gasteiger partial charge is 0.441 e. The summed E-state index contributed by atoms with van der Waals surface area (Å²) in [4.78, 5) is 13.9. The summed E-state index contributed by atoms with van der Waals surface area (Å²) in [5, 5.41) is 14.6. The van der Waals surface area contributed by atoms with Crippen LogP contribution in [-0.4, -0.2) is 84.1 Å². The molecule has 1 amide bonds. The second-order valence-corrected chi connectivity index (χ2v) is 9.99. The Morgan fingerprint density at radius 2 is 1.85 bits per heavy atom. The zero-order chi connectivity index (χ0) is 27.7. The summed E-state index contributed by atoms with van der Waals surface area (Å²) in [5.74, 6) is 0.565. The summed E-state index contributed by atoms with van der Waals surface area (Å²) >= 11 is 0. The molecule has 4 atom stereocenters. The number of hydrogen-bond acceptors (Lipinski definition) is 8. The third kappa shape index (κ3) is 5.66. The lowest BCUT2D eigenvalue weighted by Crippen LogP contribution is -3.12. The molecular formula is C26H28F3N6O5+. The summed E-state index contributed by atoms with van der Waals surface area (Å²) < 4.78 is 63.3. The summed E-state index contributed by atoms with van der Waals surface area (Å²) in [6.07, 6.45) is -7.22. The first-order valence-electron chi connectivity index (χ1n) is 13.0. The second-order valence-electron chi connectivity index (χ2n) is 9.99. The van der Waals surface area contributed by atoms with Crippen molar-refractivity contribution >= 4 is 11.8 Å². The van der Waals surface area contributed by atoms with Crippen LogP contribution in [0.1, 0.15) is 17.2 Å². The van der Waals surface area contributed by atoms with Crippen LogP contribution in [0.5, 0.6) is 0 Å². The van der Waals surface area contributed by atoms with Gasteiger partial charge in [0.2, 0.25) is 0 Å². The van der Waals surface area contributed by atoms with Gasteiger partial charge in [-0.15, -0.1) is 5.10 Å². The molecule has 3 fully saturated rings. The number of benzene rings is 2.